The molecule has 2 aromatic carbocycles. The lowest BCUT2D eigenvalue weighted by atomic mass is 10.2. The maximum absolute atomic E-state index is 13.3. The minimum atomic E-state index is -3.74. The van der Waals surface area contributed by atoms with E-state index in [1.54, 1.807) is 37.3 Å². The van der Waals surface area contributed by atoms with Crippen molar-refractivity contribution in [1.29, 1.82) is 0 Å². The van der Waals surface area contributed by atoms with E-state index in [4.69, 9.17) is 4.74 Å². The molecule has 3 aromatic rings. The molecule has 0 aliphatic carbocycles. The van der Waals surface area contributed by atoms with Crippen LogP contribution >= 0.6 is 0 Å². The number of carbonyl (C=O) groups is 1. The first-order valence-corrected chi connectivity index (χ1v) is 12.7. The highest BCUT2D eigenvalue weighted by Crippen LogP contribution is 2.32. The summed E-state index contributed by atoms with van der Waals surface area (Å²) in [7, 11) is -3.74. The van der Waals surface area contributed by atoms with E-state index < -0.39 is 10.0 Å². The van der Waals surface area contributed by atoms with Gasteiger partial charge < -0.3 is 14.6 Å². The van der Waals surface area contributed by atoms with E-state index in [1.165, 1.54) is 22.5 Å². The van der Waals surface area contributed by atoms with Crippen molar-refractivity contribution in [3.8, 4) is 11.4 Å². The van der Waals surface area contributed by atoms with Crippen LogP contribution in [0.4, 0.5) is 10.1 Å². The highest BCUT2D eigenvalue weighted by atomic mass is 32.2. The molecule has 0 atom stereocenters. The first-order chi connectivity index (χ1) is 16.2. The van der Waals surface area contributed by atoms with E-state index >= 15 is 0 Å². The smallest absolute Gasteiger partial charge is 0.257 e. The third kappa shape index (κ3) is 4.58. The summed E-state index contributed by atoms with van der Waals surface area (Å²) in [6.07, 6.45) is 1.65. The van der Waals surface area contributed by atoms with Gasteiger partial charge in [-0.2, -0.15) is 4.31 Å². The molecule has 180 valence electrons. The molecule has 1 amide bonds. The maximum atomic E-state index is 13.3. The van der Waals surface area contributed by atoms with Crippen molar-refractivity contribution >= 4 is 21.6 Å². The summed E-state index contributed by atoms with van der Waals surface area (Å²) < 4.78 is 48.7. The van der Waals surface area contributed by atoms with Gasteiger partial charge in [0.25, 0.3) is 5.91 Å². The SMILES string of the molecule is CCOc1ccc(NC(=O)c2cc(C)n(-c3ccc(F)cc3)c2C)cc1S(=O)(=O)N1CCCC1. The first-order valence-electron chi connectivity index (χ1n) is 11.3. The van der Waals surface area contributed by atoms with Gasteiger partial charge in [0.2, 0.25) is 10.0 Å². The Labute approximate surface area is 199 Å². The van der Waals surface area contributed by atoms with Crippen molar-refractivity contribution < 1.29 is 22.3 Å². The fraction of sp³-hybridized carbons (Fsp3) is 0.320. The van der Waals surface area contributed by atoms with Crippen LogP contribution in [0.15, 0.2) is 53.4 Å². The van der Waals surface area contributed by atoms with Crippen LogP contribution in [-0.2, 0) is 10.0 Å². The molecule has 0 radical (unpaired) electrons. The molecule has 0 bridgehead atoms. The molecule has 4 rings (SSSR count). The molecule has 1 aromatic heterocycles. The van der Waals surface area contributed by atoms with E-state index in [0.29, 0.717) is 36.6 Å². The van der Waals surface area contributed by atoms with Gasteiger partial charge in [-0.3, -0.25) is 4.79 Å². The fourth-order valence-electron chi connectivity index (χ4n) is 4.31. The van der Waals surface area contributed by atoms with E-state index in [0.717, 1.165) is 24.2 Å². The van der Waals surface area contributed by atoms with Crippen molar-refractivity contribution in [1.82, 2.24) is 8.87 Å². The van der Waals surface area contributed by atoms with Crippen molar-refractivity contribution in [2.24, 2.45) is 0 Å². The Kier molecular flexibility index (Phi) is 6.77. The Bertz CT molecular complexity index is 1310. The van der Waals surface area contributed by atoms with Crippen molar-refractivity contribution in [2.75, 3.05) is 25.0 Å². The number of benzene rings is 2. The standard InChI is InChI=1S/C25H28FN3O4S/c1-4-33-23-12-9-20(16-24(23)34(31,32)28-13-5-6-14-28)27-25(30)22-15-17(2)29(18(22)3)21-10-7-19(26)8-11-21/h7-12,15-16H,4-6,13-14H2,1-3H3,(H,27,30). The summed E-state index contributed by atoms with van der Waals surface area (Å²) in [5.41, 5.74) is 3.06. The number of sulfonamides is 1. The fourth-order valence-corrected chi connectivity index (χ4v) is 5.98. The van der Waals surface area contributed by atoms with Crippen molar-refractivity contribution in [3.63, 3.8) is 0 Å². The van der Waals surface area contributed by atoms with Crippen LogP contribution in [0.3, 0.4) is 0 Å². The molecular weight excluding hydrogens is 457 g/mol. The number of amides is 1. The zero-order valence-electron chi connectivity index (χ0n) is 19.5. The van der Waals surface area contributed by atoms with Gasteiger partial charge in [-0.05, 0) is 82.1 Å². The third-order valence-electron chi connectivity index (χ3n) is 5.94. The van der Waals surface area contributed by atoms with Crippen LogP contribution in [0.1, 0.15) is 41.5 Å². The molecule has 1 aliphatic rings. The van der Waals surface area contributed by atoms with Crippen LogP contribution < -0.4 is 10.1 Å². The number of hydrogen-bond acceptors (Lipinski definition) is 4. The van der Waals surface area contributed by atoms with Crippen molar-refractivity contribution in [3.05, 3.63) is 71.3 Å². The zero-order chi connectivity index (χ0) is 24.5. The Morgan fingerprint density at radius 2 is 1.74 bits per heavy atom. The minimum absolute atomic E-state index is 0.0471. The second-order valence-corrected chi connectivity index (χ2v) is 10.2. The van der Waals surface area contributed by atoms with Gasteiger partial charge in [-0.15, -0.1) is 0 Å². The van der Waals surface area contributed by atoms with Crippen LogP contribution in [0.2, 0.25) is 0 Å². The van der Waals surface area contributed by atoms with Crippen LogP contribution in [0, 0.1) is 19.7 Å². The quantitative estimate of drug-likeness (QED) is 0.528. The summed E-state index contributed by atoms with van der Waals surface area (Å²) in [5, 5.41) is 2.82. The highest BCUT2D eigenvalue weighted by Gasteiger charge is 2.30. The van der Waals surface area contributed by atoms with E-state index in [-0.39, 0.29) is 22.4 Å². The number of ether oxygens (including phenoxy) is 1. The monoisotopic (exact) mass is 485 g/mol. The minimum Gasteiger partial charge on any atom is -0.492 e. The molecule has 9 heteroatoms. The van der Waals surface area contributed by atoms with E-state index in [2.05, 4.69) is 5.32 Å². The van der Waals surface area contributed by atoms with Crippen molar-refractivity contribution in [2.45, 2.75) is 38.5 Å². The molecule has 1 aliphatic heterocycles. The normalized spacial score (nSPS) is 14.4. The highest BCUT2D eigenvalue weighted by molar-refractivity contribution is 7.89. The largest absolute Gasteiger partial charge is 0.492 e. The van der Waals surface area contributed by atoms with Gasteiger partial charge in [0.1, 0.15) is 16.5 Å². The van der Waals surface area contributed by atoms with Gasteiger partial charge in [-0.1, -0.05) is 0 Å². The van der Waals surface area contributed by atoms with Gasteiger partial charge in [0.05, 0.1) is 12.2 Å². The number of hydrogen-bond donors (Lipinski definition) is 1. The average Bonchev–Trinajstić information content (AvgIpc) is 3.45. The number of nitrogens with one attached hydrogen (secondary N) is 1. The Balaban J connectivity index is 1.65. The number of anilines is 1. The number of halogens is 1. The number of aromatic nitrogens is 1. The van der Waals surface area contributed by atoms with E-state index in [9.17, 15) is 17.6 Å². The lowest BCUT2D eigenvalue weighted by Gasteiger charge is -2.19. The summed E-state index contributed by atoms with van der Waals surface area (Å²) in [6, 6.07) is 12.5. The average molecular weight is 486 g/mol. The third-order valence-corrected chi connectivity index (χ3v) is 7.86. The van der Waals surface area contributed by atoms with Crippen LogP contribution in [0.25, 0.3) is 5.69 Å². The molecule has 0 saturated carbocycles. The number of rotatable bonds is 7. The van der Waals surface area contributed by atoms with Gasteiger partial charge >= 0.3 is 0 Å². The Morgan fingerprint density at radius 1 is 1.06 bits per heavy atom. The first kappa shape index (κ1) is 24.0. The van der Waals surface area contributed by atoms with Crippen LogP contribution in [-0.4, -0.2) is 42.9 Å². The van der Waals surface area contributed by atoms with Gasteiger partial charge in [0, 0.05) is 35.9 Å². The molecule has 1 N–H and O–H groups in total. The predicted octanol–water partition coefficient (Wildman–Crippen LogP) is 4.67. The number of aryl methyl sites for hydroxylation is 1. The second-order valence-electron chi connectivity index (χ2n) is 8.26. The summed E-state index contributed by atoms with van der Waals surface area (Å²) in [5.74, 6) is -0.434. The molecule has 0 spiro atoms. The maximum Gasteiger partial charge on any atom is 0.257 e. The van der Waals surface area contributed by atoms with Gasteiger partial charge in [0.15, 0.2) is 0 Å². The topological polar surface area (TPSA) is 80.6 Å². The van der Waals surface area contributed by atoms with E-state index in [1.807, 2.05) is 18.4 Å². The zero-order valence-corrected chi connectivity index (χ0v) is 20.3. The summed E-state index contributed by atoms with van der Waals surface area (Å²) in [6.45, 7) is 6.74. The molecule has 34 heavy (non-hydrogen) atoms. The lowest BCUT2D eigenvalue weighted by molar-refractivity contribution is 0.102. The lowest BCUT2D eigenvalue weighted by Crippen LogP contribution is -2.28. The number of nitrogens with zero attached hydrogens (tertiary/aromatic N) is 2. The second kappa shape index (κ2) is 9.60. The summed E-state index contributed by atoms with van der Waals surface area (Å²) in [4.78, 5) is 13.2. The predicted molar refractivity (Wildman–Crippen MR) is 129 cm³/mol. The Hall–Kier alpha value is -3.17. The van der Waals surface area contributed by atoms with Gasteiger partial charge in [-0.25, -0.2) is 12.8 Å². The summed E-state index contributed by atoms with van der Waals surface area (Å²) >= 11 is 0. The number of carbonyl (C=O) groups excluding carboxylic acids is 1. The molecular formula is C25H28FN3O4S. The molecule has 0 unspecified atom stereocenters. The van der Waals surface area contributed by atoms with Crippen LogP contribution in [0.5, 0.6) is 5.75 Å². The molecule has 2 heterocycles. The molecule has 1 fully saturated rings. The molecule has 1 saturated heterocycles. The Morgan fingerprint density at radius 3 is 2.38 bits per heavy atom. The molecule has 7 nitrogen and oxygen atoms in total.